The molecule has 0 radical (unpaired) electrons. The maximum Gasteiger partial charge on any atom is 0.207 e. The molecule has 0 aromatic heterocycles. The zero-order valence-corrected chi connectivity index (χ0v) is 14.7. The van der Waals surface area contributed by atoms with Gasteiger partial charge in [0.15, 0.2) is 0 Å². The summed E-state index contributed by atoms with van der Waals surface area (Å²) in [6.07, 6.45) is 0. The fourth-order valence-corrected chi connectivity index (χ4v) is 8.61. The summed E-state index contributed by atoms with van der Waals surface area (Å²) < 4.78 is 48.0. The minimum absolute atomic E-state index is 0.408. The van der Waals surface area contributed by atoms with Crippen molar-refractivity contribution in [1.29, 1.82) is 0 Å². The average Bonchev–Trinajstić information content (AvgIpc) is 2.47. The standard InChI is InChI=1S/C14H14O4S4/c15-21(16,19-13-7-3-1-4-8-13)11-12-22(17,18)20-14-9-5-2-6-10-14/h1-10H,11-12H2. The second-order valence-corrected chi connectivity index (χ2v) is 12.7. The quantitative estimate of drug-likeness (QED) is 0.693. The van der Waals surface area contributed by atoms with Crippen LogP contribution in [0.3, 0.4) is 0 Å². The molecule has 0 heterocycles. The molecule has 0 aliphatic heterocycles. The van der Waals surface area contributed by atoms with Gasteiger partial charge in [0.05, 0.1) is 11.5 Å². The van der Waals surface area contributed by atoms with E-state index in [9.17, 15) is 16.8 Å². The van der Waals surface area contributed by atoms with Crippen LogP contribution in [0.5, 0.6) is 0 Å². The molecule has 0 saturated heterocycles. The molecule has 0 amide bonds. The molecule has 0 fully saturated rings. The molecule has 0 bridgehead atoms. The molecular formula is C14H14O4S4. The Labute approximate surface area is 138 Å². The molecule has 118 valence electrons. The number of hydrogen-bond acceptors (Lipinski definition) is 6. The lowest BCUT2D eigenvalue weighted by atomic mass is 10.4. The highest BCUT2D eigenvalue weighted by Crippen LogP contribution is 2.28. The zero-order valence-electron chi connectivity index (χ0n) is 11.5. The topological polar surface area (TPSA) is 68.3 Å². The largest absolute Gasteiger partial charge is 0.217 e. The van der Waals surface area contributed by atoms with E-state index in [2.05, 4.69) is 0 Å². The zero-order chi connectivity index (χ0) is 16.1. The molecule has 2 rings (SSSR count). The van der Waals surface area contributed by atoms with Crippen LogP contribution >= 0.6 is 21.6 Å². The molecule has 2 aromatic carbocycles. The van der Waals surface area contributed by atoms with Crippen molar-refractivity contribution in [2.24, 2.45) is 0 Å². The van der Waals surface area contributed by atoms with E-state index in [0.29, 0.717) is 31.4 Å². The van der Waals surface area contributed by atoms with E-state index in [-0.39, 0.29) is 0 Å². The van der Waals surface area contributed by atoms with Crippen molar-refractivity contribution in [2.75, 3.05) is 11.5 Å². The van der Waals surface area contributed by atoms with Crippen LogP contribution < -0.4 is 0 Å². The second-order valence-electron chi connectivity index (χ2n) is 4.32. The van der Waals surface area contributed by atoms with Gasteiger partial charge in [0.25, 0.3) is 0 Å². The third-order valence-electron chi connectivity index (χ3n) is 2.52. The summed E-state index contributed by atoms with van der Waals surface area (Å²) >= 11 is 0. The van der Waals surface area contributed by atoms with Crippen molar-refractivity contribution in [3.63, 3.8) is 0 Å². The number of hydrogen-bond donors (Lipinski definition) is 0. The maximum atomic E-state index is 12.0. The smallest absolute Gasteiger partial charge is 0.207 e. The molecule has 0 atom stereocenters. The van der Waals surface area contributed by atoms with Crippen molar-refractivity contribution in [3.8, 4) is 0 Å². The van der Waals surface area contributed by atoms with Crippen molar-refractivity contribution in [2.45, 2.75) is 9.79 Å². The average molecular weight is 375 g/mol. The van der Waals surface area contributed by atoms with Gasteiger partial charge in [0.1, 0.15) is 0 Å². The van der Waals surface area contributed by atoms with E-state index < -0.39 is 29.2 Å². The Kier molecular flexibility index (Phi) is 5.96. The van der Waals surface area contributed by atoms with Gasteiger partial charge in [-0.05, 0) is 24.3 Å². The summed E-state index contributed by atoms with van der Waals surface area (Å²) in [6, 6.07) is 17.2. The number of rotatable bonds is 7. The van der Waals surface area contributed by atoms with E-state index >= 15 is 0 Å². The van der Waals surface area contributed by atoms with Gasteiger partial charge in [-0.2, -0.15) is 0 Å². The van der Waals surface area contributed by atoms with Crippen LogP contribution in [-0.4, -0.2) is 28.3 Å². The van der Waals surface area contributed by atoms with Crippen molar-refractivity contribution in [1.82, 2.24) is 0 Å². The predicted molar refractivity (Wildman–Crippen MR) is 92.2 cm³/mol. The fraction of sp³-hybridized carbons (Fsp3) is 0.143. The molecule has 0 aliphatic carbocycles. The van der Waals surface area contributed by atoms with Gasteiger partial charge >= 0.3 is 0 Å². The van der Waals surface area contributed by atoms with E-state index in [1.54, 1.807) is 60.7 Å². The molecule has 4 nitrogen and oxygen atoms in total. The Balaban J connectivity index is 1.96. The van der Waals surface area contributed by atoms with E-state index in [4.69, 9.17) is 0 Å². The minimum Gasteiger partial charge on any atom is -0.217 e. The number of benzene rings is 2. The fourth-order valence-electron chi connectivity index (χ4n) is 1.53. The first-order chi connectivity index (χ1) is 10.4. The van der Waals surface area contributed by atoms with Gasteiger partial charge in [-0.1, -0.05) is 36.4 Å². The Hall–Kier alpha value is -0.960. The van der Waals surface area contributed by atoms with Crippen LogP contribution in [0.25, 0.3) is 0 Å². The predicted octanol–water partition coefficient (Wildman–Crippen LogP) is 3.23. The highest BCUT2D eigenvalue weighted by atomic mass is 33.1. The molecule has 8 heteroatoms. The monoisotopic (exact) mass is 374 g/mol. The highest BCUT2D eigenvalue weighted by Gasteiger charge is 2.20. The molecule has 2 aromatic rings. The van der Waals surface area contributed by atoms with Crippen molar-refractivity contribution in [3.05, 3.63) is 60.7 Å². The maximum absolute atomic E-state index is 12.0. The van der Waals surface area contributed by atoms with Gasteiger partial charge in [0.2, 0.25) is 17.7 Å². The summed E-state index contributed by atoms with van der Waals surface area (Å²) in [6.45, 7) is 0. The van der Waals surface area contributed by atoms with Crippen LogP contribution in [-0.2, 0) is 17.7 Å². The highest BCUT2D eigenvalue weighted by molar-refractivity contribution is 8.73. The van der Waals surface area contributed by atoms with Gasteiger partial charge in [-0.15, -0.1) is 0 Å². The summed E-state index contributed by atoms with van der Waals surface area (Å²) in [5.74, 6) is -0.816. The van der Waals surface area contributed by atoms with Gasteiger partial charge < -0.3 is 0 Å². The Morgan fingerprint density at radius 3 is 1.23 bits per heavy atom. The third-order valence-corrected chi connectivity index (χ3v) is 9.30. The van der Waals surface area contributed by atoms with Crippen molar-refractivity contribution < 1.29 is 16.8 Å². The summed E-state index contributed by atoms with van der Waals surface area (Å²) in [4.78, 5) is 1.16. The summed E-state index contributed by atoms with van der Waals surface area (Å²) in [5.41, 5.74) is 0. The van der Waals surface area contributed by atoms with Gasteiger partial charge in [0, 0.05) is 31.4 Å². The van der Waals surface area contributed by atoms with Crippen LogP contribution in [0, 0.1) is 0 Å². The molecular weight excluding hydrogens is 360 g/mol. The second kappa shape index (κ2) is 7.54. The Morgan fingerprint density at radius 1 is 0.591 bits per heavy atom. The van der Waals surface area contributed by atoms with Gasteiger partial charge in [-0.3, -0.25) is 0 Å². The Bertz CT molecular complexity index is 729. The minimum atomic E-state index is -3.54. The third kappa shape index (κ3) is 6.04. The first-order valence-corrected chi connectivity index (χ1v) is 12.3. The first kappa shape index (κ1) is 17.4. The lowest BCUT2D eigenvalue weighted by molar-refractivity contribution is 0.603. The molecule has 0 N–H and O–H groups in total. The van der Waals surface area contributed by atoms with Crippen LogP contribution in [0.4, 0.5) is 0 Å². The van der Waals surface area contributed by atoms with Crippen LogP contribution in [0.1, 0.15) is 0 Å². The van der Waals surface area contributed by atoms with Crippen molar-refractivity contribution >= 4 is 39.3 Å². The normalized spacial score (nSPS) is 12.2. The molecule has 0 aliphatic rings. The SMILES string of the molecule is O=S(=O)(CCS(=O)(=O)Sc1ccccc1)Sc1ccccc1. The molecule has 0 saturated carbocycles. The van der Waals surface area contributed by atoms with E-state index in [1.807, 2.05) is 0 Å². The molecule has 22 heavy (non-hydrogen) atoms. The lowest BCUT2D eigenvalue weighted by Gasteiger charge is -2.05. The lowest BCUT2D eigenvalue weighted by Crippen LogP contribution is -2.12. The Morgan fingerprint density at radius 2 is 0.909 bits per heavy atom. The molecule has 0 spiro atoms. The molecule has 0 unspecified atom stereocenters. The van der Waals surface area contributed by atoms with Gasteiger partial charge in [-0.25, -0.2) is 16.8 Å². The van der Waals surface area contributed by atoms with Crippen LogP contribution in [0.15, 0.2) is 70.5 Å². The summed E-state index contributed by atoms with van der Waals surface area (Å²) in [7, 11) is -5.69. The van der Waals surface area contributed by atoms with Crippen LogP contribution in [0.2, 0.25) is 0 Å². The summed E-state index contributed by atoms with van der Waals surface area (Å²) in [5, 5.41) is 0. The van der Waals surface area contributed by atoms with E-state index in [1.165, 1.54) is 0 Å². The first-order valence-electron chi connectivity index (χ1n) is 6.31. The van der Waals surface area contributed by atoms with E-state index in [0.717, 1.165) is 0 Å².